The van der Waals surface area contributed by atoms with E-state index in [1.165, 1.54) is 18.1 Å². The van der Waals surface area contributed by atoms with E-state index in [1.807, 2.05) is 53.9 Å². The molecule has 0 saturated carbocycles. The van der Waals surface area contributed by atoms with Gasteiger partial charge in [0, 0.05) is 6.07 Å². The first-order valence-electron chi connectivity index (χ1n) is 8.77. The Morgan fingerprint density at radius 3 is 2.83 bits per heavy atom. The molecule has 142 valence electrons. The quantitative estimate of drug-likeness (QED) is 0.315. The molecule has 0 fully saturated rings. The van der Waals surface area contributed by atoms with E-state index in [0.717, 1.165) is 15.2 Å². The number of hydrogen-bond donors (Lipinski definition) is 0. The molecular formula is C21H14N4O2S2. The zero-order valence-electron chi connectivity index (χ0n) is 15.3. The Bertz CT molecular complexity index is 1410. The maximum atomic E-state index is 13.4. The number of rotatable bonds is 4. The van der Waals surface area contributed by atoms with Crippen LogP contribution in [-0.4, -0.2) is 26.6 Å². The molecule has 0 atom stereocenters. The molecular weight excluding hydrogens is 404 g/mol. The SMILES string of the molecule is COc1cccc(-n2c(Sc3ncnc4ccsc34)nc3ccccc3c2=O)c1. The lowest BCUT2D eigenvalue weighted by molar-refractivity contribution is 0.414. The Hall–Kier alpha value is -3.23. The first kappa shape index (κ1) is 17.8. The molecule has 0 N–H and O–H groups in total. The van der Waals surface area contributed by atoms with Crippen LogP contribution in [0.3, 0.4) is 0 Å². The van der Waals surface area contributed by atoms with Crippen LogP contribution in [0.25, 0.3) is 26.8 Å². The standard InChI is InChI=1S/C21H14N4O2S2/c1-27-14-6-4-5-13(11-14)25-20(26)15-7-2-3-8-16(15)24-21(25)29-19-18-17(9-10-28-18)22-12-23-19/h2-12H,1H3. The summed E-state index contributed by atoms with van der Waals surface area (Å²) in [5, 5.41) is 3.84. The van der Waals surface area contributed by atoms with Crippen molar-refractivity contribution in [2.24, 2.45) is 0 Å². The van der Waals surface area contributed by atoms with E-state index in [4.69, 9.17) is 9.72 Å². The Kier molecular flexibility index (Phi) is 4.49. The van der Waals surface area contributed by atoms with E-state index in [1.54, 1.807) is 29.1 Å². The molecule has 0 spiro atoms. The molecule has 8 heteroatoms. The van der Waals surface area contributed by atoms with E-state index in [0.29, 0.717) is 27.5 Å². The van der Waals surface area contributed by atoms with E-state index in [-0.39, 0.29) is 5.56 Å². The van der Waals surface area contributed by atoms with Crippen LogP contribution < -0.4 is 10.3 Å². The number of aromatic nitrogens is 4. The van der Waals surface area contributed by atoms with Gasteiger partial charge in [0.05, 0.1) is 33.9 Å². The third kappa shape index (κ3) is 3.16. The Balaban J connectivity index is 1.77. The Morgan fingerprint density at radius 2 is 1.93 bits per heavy atom. The molecule has 3 aromatic heterocycles. The molecule has 3 heterocycles. The molecule has 0 radical (unpaired) electrons. The van der Waals surface area contributed by atoms with Crippen molar-refractivity contribution < 1.29 is 4.74 Å². The zero-order valence-corrected chi connectivity index (χ0v) is 16.9. The van der Waals surface area contributed by atoms with Crippen LogP contribution in [0.1, 0.15) is 0 Å². The van der Waals surface area contributed by atoms with Crippen LogP contribution in [0.4, 0.5) is 0 Å². The highest BCUT2D eigenvalue weighted by Crippen LogP contribution is 2.34. The van der Waals surface area contributed by atoms with Crippen molar-refractivity contribution >= 4 is 44.2 Å². The maximum Gasteiger partial charge on any atom is 0.266 e. The van der Waals surface area contributed by atoms with Crippen LogP contribution in [0.2, 0.25) is 0 Å². The van der Waals surface area contributed by atoms with Crippen molar-refractivity contribution in [2.45, 2.75) is 10.2 Å². The predicted octanol–water partition coefficient (Wildman–Crippen LogP) is 4.55. The summed E-state index contributed by atoms with van der Waals surface area (Å²) in [6.45, 7) is 0. The van der Waals surface area contributed by atoms with Gasteiger partial charge in [-0.1, -0.05) is 18.2 Å². The number of methoxy groups -OCH3 is 1. The van der Waals surface area contributed by atoms with E-state index in [2.05, 4.69) is 9.97 Å². The van der Waals surface area contributed by atoms with Crippen LogP contribution in [0.5, 0.6) is 5.75 Å². The van der Waals surface area contributed by atoms with Crippen molar-refractivity contribution in [3.63, 3.8) is 0 Å². The number of nitrogens with zero attached hydrogens (tertiary/aromatic N) is 4. The van der Waals surface area contributed by atoms with Gasteiger partial charge in [-0.3, -0.25) is 9.36 Å². The van der Waals surface area contributed by atoms with Crippen LogP contribution >= 0.6 is 23.1 Å². The van der Waals surface area contributed by atoms with Crippen molar-refractivity contribution in [3.8, 4) is 11.4 Å². The van der Waals surface area contributed by atoms with Gasteiger partial charge < -0.3 is 4.74 Å². The van der Waals surface area contributed by atoms with Gasteiger partial charge in [-0.15, -0.1) is 11.3 Å². The molecule has 0 bridgehead atoms. The molecule has 2 aromatic carbocycles. The Labute approximate surface area is 173 Å². The maximum absolute atomic E-state index is 13.4. The normalized spacial score (nSPS) is 11.2. The first-order chi connectivity index (χ1) is 14.2. The van der Waals surface area contributed by atoms with Gasteiger partial charge in [-0.25, -0.2) is 15.0 Å². The zero-order chi connectivity index (χ0) is 19.8. The molecule has 0 saturated heterocycles. The van der Waals surface area contributed by atoms with Crippen molar-refractivity contribution in [2.75, 3.05) is 7.11 Å². The van der Waals surface area contributed by atoms with Gasteiger partial charge in [0.1, 0.15) is 17.1 Å². The highest BCUT2D eigenvalue weighted by Gasteiger charge is 2.17. The van der Waals surface area contributed by atoms with Crippen molar-refractivity contribution in [1.82, 2.24) is 19.5 Å². The molecule has 6 nitrogen and oxygen atoms in total. The van der Waals surface area contributed by atoms with Crippen LogP contribution in [0, 0.1) is 0 Å². The minimum absolute atomic E-state index is 0.136. The molecule has 29 heavy (non-hydrogen) atoms. The molecule has 5 aromatic rings. The van der Waals surface area contributed by atoms with Crippen molar-refractivity contribution in [3.05, 3.63) is 76.7 Å². The summed E-state index contributed by atoms with van der Waals surface area (Å²) >= 11 is 2.92. The summed E-state index contributed by atoms with van der Waals surface area (Å²) in [5.41, 5.74) is 2.08. The summed E-state index contributed by atoms with van der Waals surface area (Å²) in [6.07, 6.45) is 1.53. The lowest BCUT2D eigenvalue weighted by Gasteiger charge is -2.14. The average molecular weight is 419 g/mol. The van der Waals surface area contributed by atoms with E-state index in [9.17, 15) is 4.79 Å². The second kappa shape index (κ2) is 7.31. The van der Waals surface area contributed by atoms with Gasteiger partial charge >= 0.3 is 0 Å². The molecule has 0 aliphatic carbocycles. The topological polar surface area (TPSA) is 69.9 Å². The highest BCUT2D eigenvalue weighted by atomic mass is 32.2. The lowest BCUT2D eigenvalue weighted by Crippen LogP contribution is -2.21. The summed E-state index contributed by atoms with van der Waals surface area (Å²) in [6, 6.07) is 16.7. The number of benzene rings is 2. The van der Waals surface area contributed by atoms with Crippen molar-refractivity contribution in [1.29, 1.82) is 0 Å². The minimum Gasteiger partial charge on any atom is -0.497 e. The summed E-state index contributed by atoms with van der Waals surface area (Å²) in [5.74, 6) is 0.668. The minimum atomic E-state index is -0.136. The van der Waals surface area contributed by atoms with Gasteiger partial charge in [-0.2, -0.15) is 0 Å². The van der Waals surface area contributed by atoms with Gasteiger partial charge in [-0.05, 0) is 47.5 Å². The third-order valence-corrected chi connectivity index (χ3v) is 6.45. The summed E-state index contributed by atoms with van der Waals surface area (Å²) < 4.78 is 7.93. The monoisotopic (exact) mass is 418 g/mol. The van der Waals surface area contributed by atoms with Crippen LogP contribution in [-0.2, 0) is 0 Å². The molecule has 0 aliphatic rings. The second-order valence-electron chi connectivity index (χ2n) is 6.17. The van der Waals surface area contributed by atoms with Gasteiger partial charge in [0.25, 0.3) is 5.56 Å². The number of hydrogen-bond acceptors (Lipinski definition) is 7. The lowest BCUT2D eigenvalue weighted by atomic mass is 10.2. The third-order valence-electron chi connectivity index (χ3n) is 4.45. The smallest absolute Gasteiger partial charge is 0.266 e. The molecule has 0 aliphatic heterocycles. The largest absolute Gasteiger partial charge is 0.497 e. The average Bonchev–Trinajstić information content (AvgIpc) is 3.24. The van der Waals surface area contributed by atoms with Crippen LogP contribution in [0.15, 0.2) is 81.3 Å². The van der Waals surface area contributed by atoms with Gasteiger partial charge in [0.15, 0.2) is 5.16 Å². The number of para-hydroxylation sites is 1. The number of ether oxygens (including phenoxy) is 1. The predicted molar refractivity (Wildman–Crippen MR) is 115 cm³/mol. The Morgan fingerprint density at radius 1 is 1.03 bits per heavy atom. The molecule has 0 unspecified atom stereocenters. The summed E-state index contributed by atoms with van der Waals surface area (Å²) in [7, 11) is 1.60. The van der Waals surface area contributed by atoms with E-state index >= 15 is 0 Å². The fourth-order valence-electron chi connectivity index (χ4n) is 3.08. The summed E-state index contributed by atoms with van der Waals surface area (Å²) in [4.78, 5) is 26.9. The number of fused-ring (bicyclic) bond motifs is 2. The fourth-order valence-corrected chi connectivity index (χ4v) is 4.97. The second-order valence-corrected chi connectivity index (χ2v) is 8.04. The molecule has 0 amide bonds. The fraction of sp³-hybridized carbons (Fsp3) is 0.0476. The van der Waals surface area contributed by atoms with Gasteiger partial charge in [0.2, 0.25) is 0 Å². The molecule has 5 rings (SSSR count). The highest BCUT2D eigenvalue weighted by molar-refractivity contribution is 7.99. The van der Waals surface area contributed by atoms with E-state index < -0.39 is 0 Å². The number of thiophene rings is 1. The first-order valence-corrected chi connectivity index (χ1v) is 10.5.